The SMILES string of the molecule is CC(=NNC(=O)CNC(=O)c1ccccc1Br)c1ccc(C)cc1C. The van der Waals surface area contributed by atoms with Crippen LogP contribution >= 0.6 is 15.9 Å². The summed E-state index contributed by atoms with van der Waals surface area (Å²) < 4.78 is 0.677. The molecule has 2 aromatic carbocycles. The van der Waals surface area contributed by atoms with E-state index in [2.05, 4.69) is 37.8 Å². The zero-order valence-electron chi connectivity index (χ0n) is 14.4. The van der Waals surface area contributed by atoms with Crippen LogP contribution in [-0.2, 0) is 4.79 Å². The minimum absolute atomic E-state index is 0.149. The lowest BCUT2D eigenvalue weighted by atomic mass is 10.0. The number of benzene rings is 2. The van der Waals surface area contributed by atoms with E-state index < -0.39 is 0 Å². The van der Waals surface area contributed by atoms with Gasteiger partial charge in [0.25, 0.3) is 11.8 Å². The molecule has 0 saturated carbocycles. The Balaban J connectivity index is 1.92. The van der Waals surface area contributed by atoms with Crippen molar-refractivity contribution in [3.05, 3.63) is 69.2 Å². The highest BCUT2D eigenvalue weighted by atomic mass is 79.9. The van der Waals surface area contributed by atoms with Gasteiger partial charge in [-0.05, 0) is 54.4 Å². The van der Waals surface area contributed by atoms with E-state index >= 15 is 0 Å². The summed E-state index contributed by atoms with van der Waals surface area (Å²) >= 11 is 3.31. The van der Waals surface area contributed by atoms with Gasteiger partial charge in [0.05, 0.1) is 17.8 Å². The number of halogens is 1. The van der Waals surface area contributed by atoms with Crippen LogP contribution < -0.4 is 10.7 Å². The number of aryl methyl sites for hydroxylation is 2. The van der Waals surface area contributed by atoms with Crippen LogP contribution in [0.5, 0.6) is 0 Å². The fraction of sp³-hybridized carbons (Fsp3) is 0.211. The van der Waals surface area contributed by atoms with E-state index in [0.29, 0.717) is 15.7 Å². The molecule has 0 fully saturated rings. The van der Waals surface area contributed by atoms with E-state index in [4.69, 9.17) is 0 Å². The maximum atomic E-state index is 12.0. The van der Waals surface area contributed by atoms with Crippen LogP contribution in [0.2, 0.25) is 0 Å². The summed E-state index contributed by atoms with van der Waals surface area (Å²) in [5.41, 5.74) is 6.90. The molecule has 0 spiro atoms. The average molecular weight is 402 g/mol. The Hall–Kier alpha value is -2.47. The summed E-state index contributed by atoms with van der Waals surface area (Å²) in [5.74, 6) is -0.706. The Labute approximate surface area is 155 Å². The molecule has 2 N–H and O–H groups in total. The van der Waals surface area contributed by atoms with Crippen LogP contribution in [0.15, 0.2) is 52.0 Å². The molecule has 0 aliphatic heterocycles. The highest BCUT2D eigenvalue weighted by Crippen LogP contribution is 2.15. The summed E-state index contributed by atoms with van der Waals surface area (Å²) in [4.78, 5) is 23.9. The van der Waals surface area contributed by atoms with Gasteiger partial charge in [0, 0.05) is 10.0 Å². The normalized spacial score (nSPS) is 11.1. The van der Waals surface area contributed by atoms with E-state index in [1.54, 1.807) is 18.2 Å². The zero-order valence-corrected chi connectivity index (χ0v) is 16.0. The van der Waals surface area contributed by atoms with Crippen LogP contribution in [0.1, 0.15) is 34.0 Å². The topological polar surface area (TPSA) is 70.6 Å². The van der Waals surface area contributed by atoms with Crippen molar-refractivity contribution in [1.82, 2.24) is 10.7 Å². The van der Waals surface area contributed by atoms with Crippen molar-refractivity contribution in [2.24, 2.45) is 5.10 Å². The van der Waals surface area contributed by atoms with Crippen molar-refractivity contribution in [3.63, 3.8) is 0 Å². The summed E-state index contributed by atoms with van der Waals surface area (Å²) in [7, 11) is 0. The standard InChI is InChI=1S/C19H20BrN3O2/c1-12-8-9-15(13(2)10-12)14(3)22-23-18(24)11-21-19(25)16-6-4-5-7-17(16)20/h4-10H,11H2,1-3H3,(H,21,25)(H,23,24). The van der Waals surface area contributed by atoms with Crippen LogP contribution in [0.4, 0.5) is 0 Å². The second-order valence-corrected chi connectivity index (χ2v) is 6.57. The number of carbonyl (C=O) groups excluding carboxylic acids is 2. The first-order valence-electron chi connectivity index (χ1n) is 7.82. The Kier molecular flexibility index (Phi) is 6.47. The van der Waals surface area contributed by atoms with E-state index in [-0.39, 0.29) is 18.4 Å². The predicted molar refractivity (Wildman–Crippen MR) is 103 cm³/mol. The molecule has 0 unspecified atom stereocenters. The molecule has 0 bridgehead atoms. The molecule has 0 saturated heterocycles. The maximum Gasteiger partial charge on any atom is 0.259 e. The van der Waals surface area contributed by atoms with Crippen LogP contribution in [0, 0.1) is 13.8 Å². The Bertz CT molecular complexity index is 831. The van der Waals surface area contributed by atoms with Crippen LogP contribution in [0.25, 0.3) is 0 Å². The molecule has 0 atom stereocenters. The molecule has 6 heteroatoms. The molecule has 25 heavy (non-hydrogen) atoms. The molecule has 0 radical (unpaired) electrons. The highest BCUT2D eigenvalue weighted by molar-refractivity contribution is 9.10. The fourth-order valence-electron chi connectivity index (χ4n) is 2.37. The molecule has 0 heterocycles. The molecule has 0 aliphatic carbocycles. The number of amides is 2. The number of rotatable bonds is 5. The summed E-state index contributed by atoms with van der Waals surface area (Å²) in [6, 6.07) is 13.1. The molecule has 2 amide bonds. The van der Waals surface area contributed by atoms with Crippen molar-refractivity contribution < 1.29 is 9.59 Å². The van der Waals surface area contributed by atoms with Gasteiger partial charge < -0.3 is 5.32 Å². The monoisotopic (exact) mass is 401 g/mol. The maximum absolute atomic E-state index is 12.0. The molecule has 0 aromatic heterocycles. The number of hydrogen-bond donors (Lipinski definition) is 2. The zero-order chi connectivity index (χ0) is 18.4. The number of nitrogens with one attached hydrogen (secondary N) is 2. The molecule has 2 aromatic rings. The van der Waals surface area contributed by atoms with Crippen molar-refractivity contribution in [2.45, 2.75) is 20.8 Å². The number of nitrogens with zero attached hydrogens (tertiary/aromatic N) is 1. The van der Waals surface area contributed by atoms with Crippen molar-refractivity contribution in [3.8, 4) is 0 Å². The van der Waals surface area contributed by atoms with Crippen molar-refractivity contribution >= 4 is 33.5 Å². The lowest BCUT2D eigenvalue weighted by Crippen LogP contribution is -2.35. The first-order chi connectivity index (χ1) is 11.9. The number of carbonyl (C=O) groups is 2. The molecule has 2 rings (SSSR count). The van der Waals surface area contributed by atoms with Crippen LogP contribution in [-0.4, -0.2) is 24.1 Å². The molecule has 0 aliphatic rings. The second kappa shape index (κ2) is 8.58. The largest absolute Gasteiger partial charge is 0.343 e. The minimum Gasteiger partial charge on any atom is -0.343 e. The third-order valence-corrected chi connectivity index (χ3v) is 4.34. The summed E-state index contributed by atoms with van der Waals surface area (Å²) in [5, 5.41) is 6.68. The Morgan fingerprint density at radius 3 is 2.48 bits per heavy atom. The summed E-state index contributed by atoms with van der Waals surface area (Å²) in [6.45, 7) is 5.71. The van der Waals surface area contributed by atoms with Gasteiger partial charge in [0.15, 0.2) is 0 Å². The van der Waals surface area contributed by atoms with Gasteiger partial charge >= 0.3 is 0 Å². The van der Waals surface area contributed by atoms with Gasteiger partial charge in [0.1, 0.15) is 0 Å². The lowest BCUT2D eigenvalue weighted by molar-refractivity contribution is -0.120. The van der Waals surface area contributed by atoms with Gasteiger partial charge in [-0.25, -0.2) is 5.43 Å². The van der Waals surface area contributed by atoms with Gasteiger partial charge in [-0.15, -0.1) is 0 Å². The van der Waals surface area contributed by atoms with Crippen molar-refractivity contribution in [1.29, 1.82) is 0 Å². The van der Waals surface area contributed by atoms with Gasteiger partial charge in [-0.1, -0.05) is 35.9 Å². The molecular weight excluding hydrogens is 382 g/mol. The molecule has 5 nitrogen and oxygen atoms in total. The van der Waals surface area contributed by atoms with Gasteiger partial charge in [-0.3, -0.25) is 9.59 Å². The first-order valence-corrected chi connectivity index (χ1v) is 8.61. The fourth-order valence-corrected chi connectivity index (χ4v) is 2.83. The number of hydrogen-bond acceptors (Lipinski definition) is 3. The minimum atomic E-state index is -0.385. The van der Waals surface area contributed by atoms with Gasteiger partial charge in [-0.2, -0.15) is 5.10 Å². The second-order valence-electron chi connectivity index (χ2n) is 5.71. The van der Waals surface area contributed by atoms with Crippen LogP contribution in [0.3, 0.4) is 0 Å². The van der Waals surface area contributed by atoms with E-state index in [0.717, 1.165) is 11.1 Å². The van der Waals surface area contributed by atoms with E-state index in [9.17, 15) is 9.59 Å². The lowest BCUT2D eigenvalue weighted by Gasteiger charge is -2.08. The predicted octanol–water partition coefficient (Wildman–Crippen LogP) is 3.34. The molecule has 130 valence electrons. The third kappa shape index (κ3) is 5.26. The average Bonchev–Trinajstić information content (AvgIpc) is 2.58. The Morgan fingerprint density at radius 2 is 1.80 bits per heavy atom. The highest BCUT2D eigenvalue weighted by Gasteiger charge is 2.10. The quantitative estimate of drug-likeness (QED) is 0.595. The smallest absolute Gasteiger partial charge is 0.259 e. The third-order valence-electron chi connectivity index (χ3n) is 3.65. The molecular formula is C19H20BrN3O2. The number of hydrazone groups is 1. The van der Waals surface area contributed by atoms with E-state index in [1.165, 1.54) is 5.56 Å². The summed E-state index contributed by atoms with van der Waals surface area (Å²) in [6.07, 6.45) is 0. The van der Waals surface area contributed by atoms with Crippen molar-refractivity contribution in [2.75, 3.05) is 6.54 Å². The Morgan fingerprint density at radius 1 is 1.08 bits per heavy atom. The van der Waals surface area contributed by atoms with Gasteiger partial charge in [0.2, 0.25) is 0 Å². The first kappa shape index (κ1) is 18.9. The van der Waals surface area contributed by atoms with E-state index in [1.807, 2.05) is 39.0 Å².